The molecule has 0 bridgehead atoms. The Balaban J connectivity index is 1.40. The summed E-state index contributed by atoms with van der Waals surface area (Å²) in [5.41, 5.74) is 2.20. The summed E-state index contributed by atoms with van der Waals surface area (Å²) in [5.74, 6) is 0.990. The molecule has 4 rings (SSSR count). The number of benzene rings is 3. The maximum atomic E-state index is 12.7. The predicted molar refractivity (Wildman–Crippen MR) is 130 cm³/mol. The molecule has 0 unspecified atom stereocenters. The van der Waals surface area contributed by atoms with Crippen molar-refractivity contribution >= 4 is 27.6 Å². The van der Waals surface area contributed by atoms with Gasteiger partial charge in [-0.05, 0) is 80.6 Å². The minimum Gasteiger partial charge on any atom is -0.457 e. The normalized spacial score (nSPS) is 11.0. The third kappa shape index (κ3) is 5.76. The SMILES string of the molecule is Cc1cc(C)nc(NS(=O)(=O)c2ccc(NC(=O)c3ccc(Oc4ccccc4)cc3)cc2)n1. The Kier molecular flexibility index (Phi) is 6.55. The van der Waals surface area contributed by atoms with Gasteiger partial charge < -0.3 is 10.1 Å². The van der Waals surface area contributed by atoms with Crippen LogP contribution in [-0.4, -0.2) is 24.3 Å². The topological polar surface area (TPSA) is 110 Å². The van der Waals surface area contributed by atoms with Crippen LogP contribution in [0.2, 0.25) is 0 Å². The van der Waals surface area contributed by atoms with Gasteiger partial charge in [0.2, 0.25) is 5.95 Å². The predicted octanol–water partition coefficient (Wildman–Crippen LogP) is 4.94. The van der Waals surface area contributed by atoms with Gasteiger partial charge in [0.15, 0.2) is 0 Å². The van der Waals surface area contributed by atoms with Crippen molar-refractivity contribution in [2.24, 2.45) is 0 Å². The lowest BCUT2D eigenvalue weighted by Gasteiger charge is -2.10. The van der Waals surface area contributed by atoms with Crippen molar-refractivity contribution < 1.29 is 17.9 Å². The number of amides is 1. The lowest BCUT2D eigenvalue weighted by Crippen LogP contribution is -2.16. The highest BCUT2D eigenvalue weighted by atomic mass is 32.2. The monoisotopic (exact) mass is 474 g/mol. The number of carbonyl (C=O) groups excluding carboxylic acids is 1. The van der Waals surface area contributed by atoms with Crippen LogP contribution in [0.25, 0.3) is 0 Å². The van der Waals surface area contributed by atoms with Gasteiger partial charge in [-0.1, -0.05) is 18.2 Å². The summed E-state index contributed by atoms with van der Waals surface area (Å²) in [4.78, 5) is 20.8. The standard InChI is InChI=1S/C25H22N4O4S/c1-17-16-18(2)27-25(26-17)29-34(31,32)23-14-10-20(11-15-23)28-24(30)19-8-12-22(13-9-19)33-21-6-4-3-5-7-21/h3-16H,1-2H3,(H,28,30)(H,26,27,29). The fraction of sp³-hybridized carbons (Fsp3) is 0.0800. The molecule has 4 aromatic rings. The first-order chi connectivity index (χ1) is 16.3. The molecule has 1 aromatic heterocycles. The van der Waals surface area contributed by atoms with Gasteiger partial charge in [-0.15, -0.1) is 0 Å². The van der Waals surface area contributed by atoms with E-state index in [1.165, 1.54) is 24.3 Å². The lowest BCUT2D eigenvalue weighted by atomic mass is 10.2. The van der Waals surface area contributed by atoms with Crippen LogP contribution in [0.5, 0.6) is 11.5 Å². The molecule has 172 valence electrons. The molecule has 0 radical (unpaired) electrons. The van der Waals surface area contributed by atoms with E-state index in [9.17, 15) is 13.2 Å². The van der Waals surface area contributed by atoms with E-state index in [4.69, 9.17) is 4.74 Å². The summed E-state index contributed by atoms with van der Waals surface area (Å²) < 4.78 is 33.4. The van der Waals surface area contributed by atoms with E-state index in [-0.39, 0.29) is 16.8 Å². The molecule has 2 N–H and O–H groups in total. The number of rotatable bonds is 7. The third-order valence-corrected chi connectivity index (χ3v) is 6.07. The van der Waals surface area contributed by atoms with Gasteiger partial charge in [0.25, 0.3) is 15.9 Å². The third-order valence-electron chi connectivity index (χ3n) is 4.73. The molecular formula is C25H22N4O4S. The van der Waals surface area contributed by atoms with E-state index in [1.54, 1.807) is 44.2 Å². The summed E-state index contributed by atoms with van der Waals surface area (Å²) in [5, 5.41) is 2.75. The first kappa shape index (κ1) is 22.9. The highest BCUT2D eigenvalue weighted by Gasteiger charge is 2.16. The highest BCUT2D eigenvalue weighted by Crippen LogP contribution is 2.22. The summed E-state index contributed by atoms with van der Waals surface area (Å²) in [7, 11) is -3.88. The maximum absolute atomic E-state index is 12.7. The van der Waals surface area contributed by atoms with Gasteiger partial charge in [0.05, 0.1) is 4.90 Å². The minimum absolute atomic E-state index is 0.00886. The van der Waals surface area contributed by atoms with Crippen molar-refractivity contribution in [1.82, 2.24) is 9.97 Å². The lowest BCUT2D eigenvalue weighted by molar-refractivity contribution is 0.102. The molecule has 0 aliphatic heterocycles. The summed E-state index contributed by atoms with van der Waals surface area (Å²) >= 11 is 0. The zero-order valence-corrected chi connectivity index (χ0v) is 19.3. The van der Waals surface area contributed by atoms with Crippen LogP contribution in [0.15, 0.2) is 89.8 Å². The van der Waals surface area contributed by atoms with Gasteiger partial charge in [0, 0.05) is 22.6 Å². The van der Waals surface area contributed by atoms with Gasteiger partial charge in [-0.3, -0.25) is 4.79 Å². The number of ether oxygens (including phenoxy) is 1. The van der Waals surface area contributed by atoms with Gasteiger partial charge >= 0.3 is 0 Å². The second-order valence-corrected chi connectivity index (χ2v) is 9.18. The average Bonchev–Trinajstić information content (AvgIpc) is 2.79. The van der Waals surface area contributed by atoms with Gasteiger partial charge in [-0.2, -0.15) is 0 Å². The van der Waals surface area contributed by atoms with E-state index in [2.05, 4.69) is 20.0 Å². The highest BCUT2D eigenvalue weighted by molar-refractivity contribution is 7.92. The molecule has 34 heavy (non-hydrogen) atoms. The zero-order valence-electron chi connectivity index (χ0n) is 18.5. The molecule has 0 aliphatic rings. The van der Waals surface area contributed by atoms with Crippen LogP contribution in [0.1, 0.15) is 21.7 Å². The number of anilines is 2. The number of carbonyl (C=O) groups is 1. The van der Waals surface area contributed by atoms with Crippen molar-refractivity contribution in [3.05, 3.63) is 102 Å². The van der Waals surface area contributed by atoms with Gasteiger partial charge in [0.1, 0.15) is 11.5 Å². The van der Waals surface area contributed by atoms with Crippen molar-refractivity contribution in [2.45, 2.75) is 18.7 Å². The van der Waals surface area contributed by atoms with Crippen molar-refractivity contribution in [3.8, 4) is 11.5 Å². The molecule has 0 saturated heterocycles. The Morgan fingerprint density at radius 1 is 0.794 bits per heavy atom. The Bertz CT molecular complexity index is 1390. The van der Waals surface area contributed by atoms with Crippen LogP contribution in [-0.2, 0) is 10.0 Å². The summed E-state index contributed by atoms with van der Waals surface area (Å²) in [6.45, 7) is 3.52. The fourth-order valence-corrected chi connectivity index (χ4v) is 4.11. The van der Waals surface area contributed by atoms with E-state index in [0.29, 0.717) is 34.1 Å². The number of aryl methyl sites for hydroxylation is 2. The minimum atomic E-state index is -3.88. The van der Waals surface area contributed by atoms with E-state index < -0.39 is 10.0 Å². The number of hydrogen-bond donors (Lipinski definition) is 2. The molecule has 0 saturated carbocycles. The van der Waals surface area contributed by atoms with Crippen LogP contribution in [0.4, 0.5) is 11.6 Å². The maximum Gasteiger partial charge on any atom is 0.264 e. The Hall–Kier alpha value is -4.24. The smallest absolute Gasteiger partial charge is 0.264 e. The van der Waals surface area contributed by atoms with E-state index in [0.717, 1.165) is 0 Å². The molecule has 0 fully saturated rings. The second-order valence-electron chi connectivity index (χ2n) is 7.50. The van der Waals surface area contributed by atoms with Crippen LogP contribution in [0, 0.1) is 13.8 Å². The number of aromatic nitrogens is 2. The van der Waals surface area contributed by atoms with E-state index in [1.807, 2.05) is 30.3 Å². The van der Waals surface area contributed by atoms with Crippen LogP contribution >= 0.6 is 0 Å². The number of hydrogen-bond acceptors (Lipinski definition) is 6. The van der Waals surface area contributed by atoms with Crippen molar-refractivity contribution in [2.75, 3.05) is 10.0 Å². The molecule has 1 heterocycles. The molecule has 1 amide bonds. The molecule has 9 heteroatoms. The summed E-state index contributed by atoms with van der Waals surface area (Å²) in [6.07, 6.45) is 0. The number of sulfonamides is 1. The first-order valence-electron chi connectivity index (χ1n) is 10.4. The fourth-order valence-electron chi connectivity index (χ4n) is 3.17. The van der Waals surface area contributed by atoms with Crippen LogP contribution < -0.4 is 14.8 Å². The average molecular weight is 475 g/mol. The second kappa shape index (κ2) is 9.72. The van der Waals surface area contributed by atoms with Crippen LogP contribution in [0.3, 0.4) is 0 Å². The van der Waals surface area contributed by atoms with E-state index >= 15 is 0 Å². The zero-order chi connectivity index (χ0) is 24.1. The molecule has 0 atom stereocenters. The van der Waals surface area contributed by atoms with Crippen molar-refractivity contribution in [3.63, 3.8) is 0 Å². The van der Waals surface area contributed by atoms with Crippen molar-refractivity contribution in [1.29, 1.82) is 0 Å². The molecule has 8 nitrogen and oxygen atoms in total. The molecular weight excluding hydrogens is 452 g/mol. The molecule has 0 aliphatic carbocycles. The Morgan fingerprint density at radius 2 is 1.38 bits per heavy atom. The molecule has 0 spiro atoms. The Labute approximate surface area is 197 Å². The van der Waals surface area contributed by atoms with Gasteiger partial charge in [-0.25, -0.2) is 23.1 Å². The largest absolute Gasteiger partial charge is 0.457 e. The molecule has 3 aromatic carbocycles. The summed E-state index contributed by atoms with van der Waals surface area (Å²) in [6, 6.07) is 23.6. The first-order valence-corrected chi connectivity index (χ1v) is 11.9. The number of nitrogens with zero attached hydrogens (tertiary/aromatic N) is 2. The number of para-hydroxylation sites is 1. The quantitative estimate of drug-likeness (QED) is 0.393. The Morgan fingerprint density at radius 3 is 2.00 bits per heavy atom. The number of nitrogens with one attached hydrogen (secondary N) is 2.